The molecule has 4 nitrogen and oxygen atoms in total. The van der Waals surface area contributed by atoms with Crippen LogP contribution in [0.5, 0.6) is 0 Å². The van der Waals surface area contributed by atoms with Crippen molar-refractivity contribution in [1.82, 2.24) is 20.9 Å². The van der Waals surface area contributed by atoms with Crippen molar-refractivity contribution in [2.75, 3.05) is 26.2 Å². The third-order valence-electron chi connectivity index (χ3n) is 5.66. The van der Waals surface area contributed by atoms with Crippen molar-refractivity contribution in [1.29, 1.82) is 0 Å². The van der Waals surface area contributed by atoms with Crippen LogP contribution in [-0.4, -0.2) is 55.2 Å². The van der Waals surface area contributed by atoms with Crippen LogP contribution in [0.25, 0.3) is 0 Å². The van der Waals surface area contributed by atoms with Gasteiger partial charge in [0.15, 0.2) is 0 Å². The minimum Gasteiger partial charge on any atom is -0.311 e. The Morgan fingerprint density at radius 3 is 1.68 bits per heavy atom. The molecule has 5 heteroatoms. The van der Waals surface area contributed by atoms with E-state index in [4.69, 9.17) is 0 Å². The third-order valence-corrected chi connectivity index (χ3v) is 6.31. The number of hydrogen-bond acceptors (Lipinski definition) is 4. The minimum absolute atomic E-state index is 0. The van der Waals surface area contributed by atoms with E-state index in [1.807, 2.05) is 18.2 Å². The van der Waals surface area contributed by atoms with Gasteiger partial charge in [-0.1, -0.05) is 76.6 Å². The van der Waals surface area contributed by atoms with Crippen LogP contribution in [-0.2, 0) is 11.9 Å². The smallest absolute Gasteiger partial charge is 0.0283 e. The second-order valence-corrected chi connectivity index (χ2v) is 9.37. The van der Waals surface area contributed by atoms with Crippen LogP contribution >= 0.6 is 15.9 Å². The van der Waals surface area contributed by atoms with E-state index < -0.39 is 0 Å². The molecule has 0 radical (unpaired) electrons. The van der Waals surface area contributed by atoms with Crippen LogP contribution in [0.1, 0.15) is 43.1 Å². The zero-order valence-corrected chi connectivity index (χ0v) is 21.2. The normalized spacial score (nSPS) is 26.1. The molecule has 4 atom stereocenters. The van der Waals surface area contributed by atoms with Crippen LogP contribution in [0.3, 0.4) is 0 Å². The van der Waals surface area contributed by atoms with Crippen LogP contribution in [0.15, 0.2) is 60.7 Å². The molecule has 2 aliphatic heterocycles. The lowest BCUT2D eigenvalue weighted by atomic mass is 10.1. The number of piperazine rings is 2. The van der Waals surface area contributed by atoms with E-state index in [1.54, 1.807) is 0 Å². The van der Waals surface area contributed by atoms with Crippen LogP contribution in [0.2, 0.25) is 0 Å². The highest BCUT2D eigenvalue weighted by molar-refractivity contribution is 9.08. The molecule has 0 aliphatic carbocycles. The van der Waals surface area contributed by atoms with Gasteiger partial charge in [-0.2, -0.15) is 0 Å². The number of hydrogen-bond donors (Lipinski definition) is 3. The molecule has 31 heavy (non-hydrogen) atoms. The summed E-state index contributed by atoms with van der Waals surface area (Å²) in [5.74, 6) is 0. The number of benzene rings is 2. The number of nitrogens with one attached hydrogen (secondary N) is 3. The van der Waals surface area contributed by atoms with E-state index in [2.05, 4.69) is 107 Å². The minimum atomic E-state index is 0. The maximum Gasteiger partial charge on any atom is 0.0283 e. The fourth-order valence-corrected chi connectivity index (χ4v) is 3.98. The van der Waals surface area contributed by atoms with E-state index in [9.17, 15) is 0 Å². The highest BCUT2D eigenvalue weighted by Crippen LogP contribution is 2.11. The molecule has 2 heterocycles. The maximum atomic E-state index is 3.51. The first-order valence-corrected chi connectivity index (χ1v) is 12.7. The van der Waals surface area contributed by atoms with Gasteiger partial charge in [-0.15, -0.1) is 0 Å². The number of rotatable bonds is 3. The number of nitrogens with zero attached hydrogens (tertiary/aromatic N) is 1. The van der Waals surface area contributed by atoms with Crippen molar-refractivity contribution in [2.45, 2.75) is 63.7 Å². The lowest BCUT2D eigenvalue weighted by molar-refractivity contribution is 0.139. The molecule has 0 aromatic heterocycles. The molecule has 2 aliphatic rings. The standard InChI is InChI=1S/C13H20N2.C7H7Br.C6H14N2.3H2/c1-11-9-15(12(2)8-14-11)10-13-6-4-3-5-7-13;8-6-7-4-2-1-3-5-7;1-5-3-8-6(2)4-7-5;;;/h3-7,11-12,14H,8-10H2,1-2H3;1-5H,6H2;5-8H,3-4H2,1-2H3;3*1H/t11-,12+;;5-,6+;;;/m1...../s1. The lowest BCUT2D eigenvalue weighted by Gasteiger charge is -2.37. The predicted octanol–water partition coefficient (Wildman–Crippen LogP) is 5.14. The number of halogens is 1. The molecule has 2 aromatic carbocycles. The SMILES string of the molecule is BrCc1ccccc1.C[C@@H]1CN(Cc2ccccc2)[C@@H](C)CN1.C[C@@H]1CN[C@@H](C)CN1.[HH].[HH].[HH]. The molecule has 2 aromatic rings. The molecule has 0 bridgehead atoms. The molecular weight excluding hydrogens is 448 g/mol. The summed E-state index contributed by atoms with van der Waals surface area (Å²) in [5.41, 5.74) is 2.74. The Balaban J connectivity index is 0. The molecule has 4 rings (SSSR count). The second-order valence-electron chi connectivity index (χ2n) is 8.81. The molecule has 178 valence electrons. The first-order valence-electron chi connectivity index (χ1n) is 11.6. The first kappa shape index (κ1) is 26.0. The number of alkyl halides is 1. The first-order chi connectivity index (χ1) is 15.0. The highest BCUT2D eigenvalue weighted by Gasteiger charge is 2.21. The topological polar surface area (TPSA) is 39.3 Å². The van der Waals surface area contributed by atoms with Crippen LogP contribution in [0, 0.1) is 0 Å². The van der Waals surface area contributed by atoms with Gasteiger partial charge in [0.05, 0.1) is 0 Å². The summed E-state index contributed by atoms with van der Waals surface area (Å²) in [7, 11) is 0. The Hall–Kier alpha value is -1.24. The van der Waals surface area contributed by atoms with E-state index in [0.717, 1.165) is 38.1 Å². The average molecular weight is 496 g/mol. The van der Waals surface area contributed by atoms with Crippen molar-refractivity contribution in [3.63, 3.8) is 0 Å². The van der Waals surface area contributed by atoms with Crippen LogP contribution < -0.4 is 16.0 Å². The van der Waals surface area contributed by atoms with E-state index in [-0.39, 0.29) is 4.28 Å². The molecule has 3 N–H and O–H groups in total. The van der Waals surface area contributed by atoms with Crippen molar-refractivity contribution in [2.24, 2.45) is 0 Å². The molecule has 2 saturated heterocycles. The summed E-state index contributed by atoms with van der Waals surface area (Å²) in [5, 5.41) is 11.2. The summed E-state index contributed by atoms with van der Waals surface area (Å²) < 4.78 is 0. The van der Waals surface area contributed by atoms with Crippen molar-refractivity contribution < 1.29 is 4.28 Å². The van der Waals surface area contributed by atoms with Gasteiger partial charge >= 0.3 is 0 Å². The van der Waals surface area contributed by atoms with Gasteiger partial charge in [0.2, 0.25) is 0 Å². The monoisotopic (exact) mass is 494 g/mol. The molecule has 0 unspecified atom stereocenters. The van der Waals surface area contributed by atoms with E-state index >= 15 is 0 Å². The highest BCUT2D eigenvalue weighted by atomic mass is 79.9. The third kappa shape index (κ3) is 10.8. The second kappa shape index (κ2) is 14.8. The van der Waals surface area contributed by atoms with Crippen LogP contribution in [0.4, 0.5) is 0 Å². The Kier molecular flexibility index (Phi) is 12.4. The maximum absolute atomic E-state index is 3.51. The predicted molar refractivity (Wildman–Crippen MR) is 144 cm³/mol. The van der Waals surface area contributed by atoms with Gasteiger partial charge in [-0.05, 0) is 38.8 Å². The zero-order chi connectivity index (χ0) is 22.5. The average Bonchev–Trinajstić information content (AvgIpc) is 2.80. The summed E-state index contributed by atoms with van der Waals surface area (Å²) in [4.78, 5) is 2.55. The Morgan fingerprint density at radius 2 is 1.23 bits per heavy atom. The Morgan fingerprint density at radius 1 is 0.742 bits per heavy atom. The summed E-state index contributed by atoms with van der Waals surface area (Å²) >= 11 is 3.36. The fourth-order valence-electron chi connectivity index (χ4n) is 3.60. The largest absolute Gasteiger partial charge is 0.311 e. The molecule has 0 amide bonds. The summed E-state index contributed by atoms with van der Waals surface area (Å²) in [6.07, 6.45) is 0. The molecule has 2 fully saturated rings. The van der Waals surface area contributed by atoms with Gasteiger partial charge in [-0.25, -0.2) is 0 Å². The van der Waals surface area contributed by atoms with E-state index in [1.165, 1.54) is 11.1 Å². The summed E-state index contributed by atoms with van der Waals surface area (Å²) in [6.45, 7) is 14.5. The quantitative estimate of drug-likeness (QED) is 0.516. The van der Waals surface area contributed by atoms with Crippen molar-refractivity contribution in [3.05, 3.63) is 71.8 Å². The van der Waals surface area contributed by atoms with Crippen molar-refractivity contribution in [3.8, 4) is 0 Å². The molecular formula is C26H47BrN4. The van der Waals surface area contributed by atoms with Crippen molar-refractivity contribution >= 4 is 15.9 Å². The fraction of sp³-hybridized carbons (Fsp3) is 0.538. The Labute approximate surface area is 202 Å². The van der Waals surface area contributed by atoms with E-state index in [0.29, 0.717) is 24.2 Å². The lowest BCUT2D eigenvalue weighted by Crippen LogP contribution is -2.53. The van der Waals surface area contributed by atoms with Gasteiger partial charge in [0.25, 0.3) is 0 Å². The summed E-state index contributed by atoms with van der Waals surface area (Å²) in [6, 6.07) is 23.6. The molecule has 0 saturated carbocycles. The van der Waals surface area contributed by atoms with Gasteiger partial charge in [-0.3, -0.25) is 4.90 Å². The molecule has 0 spiro atoms. The van der Waals surface area contributed by atoms with Gasteiger partial charge < -0.3 is 16.0 Å². The van der Waals surface area contributed by atoms with Gasteiger partial charge in [0.1, 0.15) is 0 Å². The van der Waals surface area contributed by atoms with Gasteiger partial charge in [0, 0.05) is 66.5 Å². The Bertz CT molecular complexity index is 694. The zero-order valence-electron chi connectivity index (χ0n) is 19.7.